The lowest BCUT2D eigenvalue weighted by molar-refractivity contribution is -0.385. The molecule has 0 saturated carbocycles. The molecule has 8 heteroatoms. The van der Waals surface area contributed by atoms with Crippen LogP contribution in [0.25, 0.3) is 0 Å². The molecule has 0 amide bonds. The summed E-state index contributed by atoms with van der Waals surface area (Å²) in [7, 11) is 0. The molecule has 0 radical (unpaired) electrons. The van der Waals surface area contributed by atoms with Gasteiger partial charge in [-0.05, 0) is 61.7 Å². The van der Waals surface area contributed by atoms with Crippen molar-refractivity contribution in [1.82, 2.24) is 9.97 Å². The van der Waals surface area contributed by atoms with Gasteiger partial charge in [-0.15, -0.1) is 0 Å². The number of nitrogens with zero attached hydrogens (tertiary/aromatic N) is 3. The summed E-state index contributed by atoms with van der Waals surface area (Å²) in [6.07, 6.45) is 1.22. The quantitative estimate of drug-likeness (QED) is 0.461. The highest BCUT2D eigenvalue weighted by Gasteiger charge is 2.25. The Kier molecular flexibility index (Phi) is 5.23. The zero-order valence-electron chi connectivity index (χ0n) is 15.0. The molecule has 0 spiro atoms. The predicted molar refractivity (Wildman–Crippen MR) is 104 cm³/mol. The van der Waals surface area contributed by atoms with E-state index in [4.69, 9.17) is 16.3 Å². The van der Waals surface area contributed by atoms with Crippen LogP contribution in [0.3, 0.4) is 0 Å². The monoisotopic (exact) mass is 384 g/mol. The van der Waals surface area contributed by atoms with Crippen LogP contribution in [-0.2, 0) is 0 Å². The van der Waals surface area contributed by atoms with Gasteiger partial charge in [0.2, 0.25) is 5.82 Å². The molecule has 7 nitrogen and oxygen atoms in total. The van der Waals surface area contributed by atoms with Crippen molar-refractivity contribution in [2.45, 2.75) is 20.8 Å². The van der Waals surface area contributed by atoms with Gasteiger partial charge in [0, 0.05) is 10.7 Å². The van der Waals surface area contributed by atoms with E-state index < -0.39 is 4.92 Å². The molecule has 2 aromatic carbocycles. The number of benzene rings is 2. The number of halogens is 1. The smallest absolute Gasteiger partial charge is 0.373 e. The predicted octanol–water partition coefficient (Wildman–Crippen LogP) is 5.50. The Bertz CT molecular complexity index is 1000. The average Bonchev–Trinajstić information content (AvgIpc) is 2.57. The molecule has 0 fully saturated rings. The lowest BCUT2D eigenvalue weighted by atomic mass is 10.1. The summed E-state index contributed by atoms with van der Waals surface area (Å²) in [6.45, 7) is 5.70. The fourth-order valence-electron chi connectivity index (χ4n) is 2.65. The molecule has 138 valence electrons. The SMILES string of the molecule is Cc1cc(C)cc(Oc2ncnc(Nc3cc(Cl)ccc3C)c2[N+](=O)[O-])c1. The van der Waals surface area contributed by atoms with E-state index in [1.165, 1.54) is 6.33 Å². The minimum absolute atomic E-state index is 0.0275. The zero-order chi connectivity index (χ0) is 19.6. The normalized spacial score (nSPS) is 10.5. The number of aromatic nitrogens is 2. The van der Waals surface area contributed by atoms with Crippen LogP contribution in [0.15, 0.2) is 42.7 Å². The Morgan fingerprint density at radius 3 is 2.44 bits per heavy atom. The number of nitro groups is 1. The van der Waals surface area contributed by atoms with Crippen LogP contribution in [0, 0.1) is 30.9 Å². The number of aryl methyl sites for hydroxylation is 3. The van der Waals surface area contributed by atoms with Gasteiger partial charge in [-0.3, -0.25) is 10.1 Å². The fraction of sp³-hybridized carbons (Fsp3) is 0.158. The molecule has 0 aliphatic carbocycles. The van der Waals surface area contributed by atoms with E-state index in [1.54, 1.807) is 24.3 Å². The number of hydrogen-bond donors (Lipinski definition) is 1. The molecule has 0 bridgehead atoms. The van der Waals surface area contributed by atoms with E-state index in [2.05, 4.69) is 15.3 Å². The molecule has 3 rings (SSSR count). The van der Waals surface area contributed by atoms with Crippen LogP contribution in [0.2, 0.25) is 5.02 Å². The molecule has 0 aliphatic heterocycles. The Labute approximate surface area is 161 Å². The molecule has 0 atom stereocenters. The number of hydrogen-bond acceptors (Lipinski definition) is 6. The highest BCUT2D eigenvalue weighted by molar-refractivity contribution is 6.30. The van der Waals surface area contributed by atoms with E-state index in [9.17, 15) is 10.1 Å². The minimum Gasteiger partial charge on any atom is -0.434 e. The topological polar surface area (TPSA) is 90.2 Å². The summed E-state index contributed by atoms with van der Waals surface area (Å²) < 4.78 is 5.71. The third-order valence-electron chi connectivity index (χ3n) is 3.83. The van der Waals surface area contributed by atoms with Crippen molar-refractivity contribution in [2.75, 3.05) is 5.32 Å². The summed E-state index contributed by atoms with van der Waals surface area (Å²) in [6, 6.07) is 10.8. The largest absolute Gasteiger partial charge is 0.434 e. The van der Waals surface area contributed by atoms with E-state index >= 15 is 0 Å². The van der Waals surface area contributed by atoms with Crippen molar-refractivity contribution in [1.29, 1.82) is 0 Å². The highest BCUT2D eigenvalue weighted by atomic mass is 35.5. The van der Waals surface area contributed by atoms with Gasteiger partial charge < -0.3 is 10.1 Å². The molecular weight excluding hydrogens is 368 g/mol. The van der Waals surface area contributed by atoms with Crippen LogP contribution in [0.1, 0.15) is 16.7 Å². The first-order chi connectivity index (χ1) is 12.8. The maximum atomic E-state index is 11.7. The molecule has 0 aliphatic rings. The maximum Gasteiger partial charge on any atom is 0.373 e. The zero-order valence-corrected chi connectivity index (χ0v) is 15.7. The van der Waals surface area contributed by atoms with Crippen LogP contribution < -0.4 is 10.1 Å². The number of nitrogens with one attached hydrogen (secondary N) is 1. The average molecular weight is 385 g/mol. The standard InChI is InChI=1S/C19H17ClN4O3/c1-11-6-12(2)8-15(7-11)27-19-17(24(25)26)18(21-10-22-19)23-16-9-14(20)5-4-13(16)3/h4-10H,1-3H3,(H,21,22,23). The van der Waals surface area contributed by atoms with Gasteiger partial charge in [-0.2, -0.15) is 4.98 Å². The Balaban J connectivity index is 2.02. The Hall–Kier alpha value is -3.19. The molecule has 1 heterocycles. The summed E-state index contributed by atoms with van der Waals surface area (Å²) in [4.78, 5) is 19.1. The number of anilines is 2. The van der Waals surface area contributed by atoms with Gasteiger partial charge in [0.15, 0.2) is 0 Å². The van der Waals surface area contributed by atoms with E-state index in [1.807, 2.05) is 32.9 Å². The summed E-state index contributed by atoms with van der Waals surface area (Å²) in [5.41, 5.74) is 3.09. The Morgan fingerprint density at radius 1 is 1.07 bits per heavy atom. The first kappa shape index (κ1) is 18.6. The van der Waals surface area contributed by atoms with Crippen LogP contribution >= 0.6 is 11.6 Å². The van der Waals surface area contributed by atoms with Crippen LogP contribution in [-0.4, -0.2) is 14.9 Å². The number of ether oxygens (including phenoxy) is 1. The lowest BCUT2D eigenvalue weighted by Gasteiger charge is -2.12. The van der Waals surface area contributed by atoms with Crippen molar-refractivity contribution >= 4 is 28.8 Å². The second kappa shape index (κ2) is 7.59. The molecule has 3 aromatic rings. The molecule has 0 unspecified atom stereocenters. The molecule has 27 heavy (non-hydrogen) atoms. The van der Waals surface area contributed by atoms with Crippen LogP contribution in [0.5, 0.6) is 11.6 Å². The second-order valence-electron chi connectivity index (χ2n) is 6.14. The van der Waals surface area contributed by atoms with Gasteiger partial charge in [-0.25, -0.2) is 4.98 Å². The van der Waals surface area contributed by atoms with Gasteiger partial charge >= 0.3 is 11.6 Å². The Morgan fingerprint density at radius 2 is 1.78 bits per heavy atom. The fourth-order valence-corrected chi connectivity index (χ4v) is 2.83. The second-order valence-corrected chi connectivity index (χ2v) is 6.58. The van der Waals surface area contributed by atoms with Gasteiger partial charge in [-0.1, -0.05) is 23.7 Å². The van der Waals surface area contributed by atoms with E-state index in [0.29, 0.717) is 16.5 Å². The van der Waals surface area contributed by atoms with Gasteiger partial charge in [0.05, 0.1) is 4.92 Å². The van der Waals surface area contributed by atoms with Crippen molar-refractivity contribution in [3.8, 4) is 11.6 Å². The third-order valence-corrected chi connectivity index (χ3v) is 4.07. The van der Waals surface area contributed by atoms with Gasteiger partial charge in [0.25, 0.3) is 0 Å². The first-order valence-corrected chi connectivity index (χ1v) is 8.50. The molecule has 0 saturated heterocycles. The van der Waals surface area contributed by atoms with E-state index in [0.717, 1.165) is 16.7 Å². The van der Waals surface area contributed by atoms with Crippen molar-refractivity contribution in [3.63, 3.8) is 0 Å². The van der Waals surface area contributed by atoms with Crippen molar-refractivity contribution in [3.05, 3.63) is 74.6 Å². The third kappa shape index (κ3) is 4.32. The maximum absolute atomic E-state index is 11.7. The minimum atomic E-state index is -0.569. The summed E-state index contributed by atoms with van der Waals surface area (Å²) in [5, 5.41) is 15.1. The summed E-state index contributed by atoms with van der Waals surface area (Å²) >= 11 is 6.02. The molecule has 1 aromatic heterocycles. The van der Waals surface area contributed by atoms with Crippen molar-refractivity contribution in [2.24, 2.45) is 0 Å². The molecular formula is C19H17ClN4O3. The van der Waals surface area contributed by atoms with Gasteiger partial charge in [0.1, 0.15) is 12.1 Å². The van der Waals surface area contributed by atoms with E-state index in [-0.39, 0.29) is 17.4 Å². The summed E-state index contributed by atoms with van der Waals surface area (Å²) in [5.74, 6) is 0.362. The first-order valence-electron chi connectivity index (χ1n) is 8.12. The van der Waals surface area contributed by atoms with Crippen LogP contribution in [0.4, 0.5) is 17.2 Å². The lowest BCUT2D eigenvalue weighted by Crippen LogP contribution is -2.04. The van der Waals surface area contributed by atoms with Crippen molar-refractivity contribution < 1.29 is 9.66 Å². The number of rotatable bonds is 5. The molecule has 1 N–H and O–H groups in total. The highest BCUT2D eigenvalue weighted by Crippen LogP contribution is 2.36.